The van der Waals surface area contributed by atoms with E-state index in [-0.39, 0.29) is 11.8 Å². The zero-order valence-electron chi connectivity index (χ0n) is 14.2. The molecule has 134 valence electrons. The normalized spacial score (nSPS) is 30.4. The van der Waals surface area contributed by atoms with Crippen molar-refractivity contribution in [1.82, 2.24) is 14.5 Å². The van der Waals surface area contributed by atoms with E-state index < -0.39 is 10.2 Å². The Morgan fingerprint density at radius 1 is 1.17 bits per heavy atom. The number of amides is 1. The fourth-order valence-electron chi connectivity index (χ4n) is 3.88. The lowest BCUT2D eigenvalue weighted by molar-refractivity contribution is -0.138. The van der Waals surface area contributed by atoms with Gasteiger partial charge in [0.05, 0.1) is 6.54 Å². The van der Waals surface area contributed by atoms with Gasteiger partial charge in [-0.2, -0.15) is 8.42 Å². The highest BCUT2D eigenvalue weighted by atomic mass is 32.2. The van der Waals surface area contributed by atoms with Crippen LogP contribution in [0.15, 0.2) is 0 Å². The monoisotopic (exact) mass is 346 g/mol. The highest BCUT2D eigenvalue weighted by Gasteiger charge is 2.31. The van der Waals surface area contributed by atoms with Crippen molar-refractivity contribution in [3.63, 3.8) is 0 Å². The summed E-state index contributed by atoms with van der Waals surface area (Å²) in [7, 11) is -3.64. The number of rotatable bonds is 5. The molecule has 0 saturated carbocycles. The quantitative estimate of drug-likeness (QED) is 0.747. The SMILES string of the molecule is C[C@@H]1CCC[C@@H](C)N1C(=O)CN1CCC[C@H](CNS(N)(=O)=O)C1. The molecular weight excluding hydrogens is 316 g/mol. The Bertz CT molecular complexity index is 501. The van der Waals surface area contributed by atoms with Crippen molar-refractivity contribution in [3.05, 3.63) is 0 Å². The molecule has 2 rings (SSSR count). The summed E-state index contributed by atoms with van der Waals surface area (Å²) in [6.45, 7) is 6.67. The van der Waals surface area contributed by atoms with Gasteiger partial charge in [-0.25, -0.2) is 9.86 Å². The number of hydrogen-bond donors (Lipinski definition) is 2. The van der Waals surface area contributed by atoms with Crippen LogP contribution in [-0.4, -0.2) is 62.4 Å². The fourth-order valence-corrected chi connectivity index (χ4v) is 4.35. The summed E-state index contributed by atoms with van der Waals surface area (Å²) in [4.78, 5) is 16.8. The smallest absolute Gasteiger partial charge is 0.274 e. The molecule has 0 bridgehead atoms. The van der Waals surface area contributed by atoms with Crippen LogP contribution in [0.1, 0.15) is 46.0 Å². The third-order valence-electron chi connectivity index (χ3n) is 5.02. The molecule has 2 heterocycles. The van der Waals surface area contributed by atoms with E-state index in [0.717, 1.165) is 38.8 Å². The average molecular weight is 346 g/mol. The predicted molar refractivity (Wildman–Crippen MR) is 89.9 cm³/mol. The first-order chi connectivity index (χ1) is 10.8. The number of nitrogens with two attached hydrogens (primary N) is 1. The van der Waals surface area contributed by atoms with Crippen LogP contribution >= 0.6 is 0 Å². The summed E-state index contributed by atoms with van der Waals surface area (Å²) in [5, 5.41) is 4.98. The van der Waals surface area contributed by atoms with Gasteiger partial charge in [-0.3, -0.25) is 9.69 Å². The molecular formula is C15H30N4O3S. The van der Waals surface area contributed by atoms with Crippen molar-refractivity contribution >= 4 is 16.1 Å². The molecule has 3 N–H and O–H groups in total. The Kier molecular flexibility index (Phi) is 6.41. The van der Waals surface area contributed by atoms with Crippen molar-refractivity contribution in [2.45, 2.75) is 58.0 Å². The first kappa shape index (κ1) is 18.6. The van der Waals surface area contributed by atoms with E-state index in [1.54, 1.807) is 0 Å². The molecule has 7 nitrogen and oxygen atoms in total. The van der Waals surface area contributed by atoms with Gasteiger partial charge in [-0.15, -0.1) is 0 Å². The van der Waals surface area contributed by atoms with Crippen LogP contribution in [0.3, 0.4) is 0 Å². The maximum absolute atomic E-state index is 12.7. The molecule has 2 aliphatic heterocycles. The third kappa shape index (κ3) is 5.70. The van der Waals surface area contributed by atoms with Crippen LogP contribution in [0.4, 0.5) is 0 Å². The second-order valence-electron chi connectivity index (χ2n) is 7.07. The number of nitrogens with one attached hydrogen (secondary N) is 1. The third-order valence-corrected chi connectivity index (χ3v) is 5.59. The van der Waals surface area contributed by atoms with Crippen molar-refractivity contribution < 1.29 is 13.2 Å². The Balaban J connectivity index is 1.85. The summed E-state index contributed by atoms with van der Waals surface area (Å²) in [5.41, 5.74) is 0. The zero-order chi connectivity index (χ0) is 17.0. The fraction of sp³-hybridized carbons (Fsp3) is 0.933. The van der Waals surface area contributed by atoms with E-state index in [1.807, 2.05) is 4.90 Å². The van der Waals surface area contributed by atoms with Gasteiger partial charge in [0.25, 0.3) is 10.2 Å². The summed E-state index contributed by atoms with van der Waals surface area (Å²) in [5.74, 6) is 0.413. The Morgan fingerprint density at radius 3 is 2.43 bits per heavy atom. The van der Waals surface area contributed by atoms with Crippen LogP contribution in [0.2, 0.25) is 0 Å². The average Bonchev–Trinajstić information content (AvgIpc) is 2.44. The van der Waals surface area contributed by atoms with E-state index in [1.165, 1.54) is 6.42 Å². The van der Waals surface area contributed by atoms with Crippen LogP contribution < -0.4 is 9.86 Å². The predicted octanol–water partition coefficient (Wildman–Crippen LogP) is 0.281. The molecule has 3 atom stereocenters. The van der Waals surface area contributed by atoms with Gasteiger partial charge in [0.1, 0.15) is 0 Å². The van der Waals surface area contributed by atoms with Gasteiger partial charge >= 0.3 is 0 Å². The molecule has 0 aromatic carbocycles. The van der Waals surface area contributed by atoms with Gasteiger partial charge in [-0.05, 0) is 58.4 Å². The molecule has 0 spiro atoms. The zero-order valence-corrected chi connectivity index (χ0v) is 15.0. The van der Waals surface area contributed by atoms with E-state index in [0.29, 0.717) is 25.2 Å². The molecule has 2 fully saturated rings. The second kappa shape index (κ2) is 7.92. The molecule has 0 unspecified atom stereocenters. The maximum Gasteiger partial charge on any atom is 0.274 e. The van der Waals surface area contributed by atoms with Crippen molar-refractivity contribution in [1.29, 1.82) is 0 Å². The lowest BCUT2D eigenvalue weighted by Gasteiger charge is -2.41. The van der Waals surface area contributed by atoms with Gasteiger partial charge in [0, 0.05) is 25.2 Å². The molecule has 2 aliphatic rings. The number of carbonyl (C=O) groups is 1. The minimum atomic E-state index is -3.64. The second-order valence-corrected chi connectivity index (χ2v) is 8.45. The van der Waals surface area contributed by atoms with Crippen molar-refractivity contribution in [2.75, 3.05) is 26.2 Å². The minimum Gasteiger partial charge on any atom is -0.336 e. The number of nitrogens with zero attached hydrogens (tertiary/aromatic N) is 2. The van der Waals surface area contributed by atoms with Crippen molar-refractivity contribution in [3.8, 4) is 0 Å². The first-order valence-electron chi connectivity index (χ1n) is 8.57. The summed E-state index contributed by atoms with van der Waals surface area (Å²) in [6.07, 6.45) is 5.30. The first-order valence-corrected chi connectivity index (χ1v) is 10.1. The largest absolute Gasteiger partial charge is 0.336 e. The Hall–Kier alpha value is -0.700. The minimum absolute atomic E-state index is 0.199. The summed E-state index contributed by atoms with van der Waals surface area (Å²) in [6, 6.07) is 0.631. The molecule has 0 radical (unpaired) electrons. The van der Waals surface area contributed by atoms with Crippen LogP contribution in [0, 0.1) is 5.92 Å². The molecule has 8 heteroatoms. The molecule has 23 heavy (non-hydrogen) atoms. The standard InChI is InChI=1S/C15H30N4O3S/c1-12-5-3-6-13(2)19(12)15(20)11-18-8-4-7-14(10-18)9-17-23(16,21)22/h12-14,17H,3-11H2,1-2H3,(H2,16,21,22)/t12-,13-,14-/m1/s1. The molecule has 0 aromatic heterocycles. The van der Waals surface area contributed by atoms with Gasteiger partial charge < -0.3 is 4.90 Å². The van der Waals surface area contributed by atoms with Crippen molar-refractivity contribution in [2.24, 2.45) is 11.1 Å². The number of likely N-dealkylation sites (tertiary alicyclic amines) is 2. The number of carbonyl (C=O) groups excluding carboxylic acids is 1. The van der Waals surface area contributed by atoms with Crippen LogP contribution in [-0.2, 0) is 15.0 Å². The van der Waals surface area contributed by atoms with E-state index in [4.69, 9.17) is 5.14 Å². The maximum atomic E-state index is 12.7. The van der Waals surface area contributed by atoms with E-state index in [2.05, 4.69) is 23.5 Å². The number of piperidine rings is 2. The lowest BCUT2D eigenvalue weighted by atomic mass is 9.96. The Morgan fingerprint density at radius 2 is 1.83 bits per heavy atom. The van der Waals surface area contributed by atoms with Gasteiger partial charge in [0.15, 0.2) is 0 Å². The van der Waals surface area contributed by atoms with Crippen LogP contribution in [0.5, 0.6) is 0 Å². The highest BCUT2D eigenvalue weighted by Crippen LogP contribution is 2.23. The van der Waals surface area contributed by atoms with E-state index in [9.17, 15) is 13.2 Å². The van der Waals surface area contributed by atoms with Gasteiger partial charge in [-0.1, -0.05) is 0 Å². The highest BCUT2D eigenvalue weighted by molar-refractivity contribution is 7.87. The molecule has 2 saturated heterocycles. The summed E-state index contributed by atoms with van der Waals surface area (Å²) < 4.78 is 24.4. The molecule has 0 aromatic rings. The summed E-state index contributed by atoms with van der Waals surface area (Å²) >= 11 is 0. The molecule has 0 aliphatic carbocycles. The molecule has 1 amide bonds. The van der Waals surface area contributed by atoms with E-state index >= 15 is 0 Å². The Labute approximate surface area is 139 Å². The lowest BCUT2D eigenvalue weighted by Crippen LogP contribution is -2.52. The number of hydrogen-bond acceptors (Lipinski definition) is 4. The topological polar surface area (TPSA) is 95.7 Å². The van der Waals surface area contributed by atoms with Crippen LogP contribution in [0.25, 0.3) is 0 Å². The van der Waals surface area contributed by atoms with Gasteiger partial charge in [0.2, 0.25) is 5.91 Å².